The molecule has 7 aliphatic rings. The summed E-state index contributed by atoms with van der Waals surface area (Å²) < 4.78 is 79.3. The molecule has 7 rings (SSSR count). The second kappa shape index (κ2) is 20.1. The molecule has 0 aromatic heterocycles. The molecule has 0 amide bonds. The minimum Gasteiger partial charge on any atom is -0.396 e. The SMILES string of the molecule is OCC1CCC(OC2CC(OC3CCC(OC4COC(OC5CCC(O)OC5)C(OC5CCC(CO)O5)C4)OC3)OCC2OC2CCC(O)CO2)OC1. The van der Waals surface area contributed by atoms with Gasteiger partial charge in [-0.05, 0) is 38.5 Å². The summed E-state index contributed by atoms with van der Waals surface area (Å²) in [4.78, 5) is 0. The molecule has 0 aromatic rings. The molecule has 17 nitrogen and oxygen atoms in total. The van der Waals surface area contributed by atoms with Gasteiger partial charge in [-0.1, -0.05) is 0 Å². The van der Waals surface area contributed by atoms with E-state index in [9.17, 15) is 20.4 Å². The van der Waals surface area contributed by atoms with Gasteiger partial charge in [-0.15, -0.1) is 0 Å². The summed E-state index contributed by atoms with van der Waals surface area (Å²) in [7, 11) is 0. The topological polar surface area (TPSA) is 201 Å². The predicted molar refractivity (Wildman–Crippen MR) is 178 cm³/mol. The quantitative estimate of drug-likeness (QED) is 0.193. The summed E-state index contributed by atoms with van der Waals surface area (Å²) >= 11 is 0. The highest BCUT2D eigenvalue weighted by molar-refractivity contribution is 4.83. The summed E-state index contributed by atoms with van der Waals surface area (Å²) in [5.74, 6) is 0.116. The van der Waals surface area contributed by atoms with E-state index in [4.69, 9.17) is 61.6 Å². The van der Waals surface area contributed by atoms with Crippen LogP contribution in [-0.4, -0.2) is 166 Å². The Morgan fingerprint density at radius 2 is 1.08 bits per heavy atom. The molecule has 306 valence electrons. The molecule has 7 aliphatic heterocycles. The van der Waals surface area contributed by atoms with Crippen molar-refractivity contribution in [2.75, 3.05) is 52.9 Å². The van der Waals surface area contributed by atoms with E-state index in [1.54, 1.807) is 0 Å². The molecule has 16 unspecified atom stereocenters. The standard InChI is InChI=1S/C36H60O17/c37-13-21-1-7-32(42-15-21)51-27-12-35(45-20-29(27)53-33-8-2-22(39)16-43-33)48-24-5-9-31(44-18-24)49-26-11-28(52-34-10-4-23(14-38)47-34)36(46-19-26)50-25-3-6-30(40)41-17-25/h21-40H,1-20H2. The fraction of sp³-hybridized carbons (Fsp3) is 1.00. The van der Waals surface area contributed by atoms with Crippen LogP contribution in [0.1, 0.15) is 77.0 Å². The average Bonchev–Trinajstić information content (AvgIpc) is 3.64. The van der Waals surface area contributed by atoms with Crippen molar-refractivity contribution < 1.29 is 82.0 Å². The Bertz CT molecular complexity index is 1040. The van der Waals surface area contributed by atoms with Crippen molar-refractivity contribution in [2.24, 2.45) is 5.92 Å². The van der Waals surface area contributed by atoms with Gasteiger partial charge in [0.05, 0.1) is 82.9 Å². The molecule has 17 heteroatoms. The van der Waals surface area contributed by atoms with Gasteiger partial charge in [0.1, 0.15) is 12.2 Å². The van der Waals surface area contributed by atoms with E-state index in [0.29, 0.717) is 90.4 Å². The normalized spacial score (nSPS) is 46.0. The smallest absolute Gasteiger partial charge is 0.184 e. The lowest BCUT2D eigenvalue weighted by Crippen LogP contribution is -2.51. The van der Waals surface area contributed by atoms with Crippen LogP contribution in [0.3, 0.4) is 0 Å². The van der Waals surface area contributed by atoms with Crippen LogP contribution in [0.15, 0.2) is 0 Å². The third-order valence-corrected chi connectivity index (χ3v) is 11.0. The zero-order valence-corrected chi connectivity index (χ0v) is 30.5. The van der Waals surface area contributed by atoms with Crippen LogP contribution < -0.4 is 0 Å². The minimum atomic E-state index is -0.773. The predicted octanol–water partition coefficient (Wildman–Crippen LogP) is 0.796. The van der Waals surface area contributed by atoms with E-state index < -0.39 is 62.3 Å². The van der Waals surface area contributed by atoms with E-state index in [1.165, 1.54) is 0 Å². The Labute approximate surface area is 310 Å². The third-order valence-electron chi connectivity index (χ3n) is 11.0. The lowest BCUT2D eigenvalue weighted by Gasteiger charge is -2.42. The molecule has 0 spiro atoms. The first-order valence-corrected chi connectivity index (χ1v) is 19.7. The Balaban J connectivity index is 0.870. The number of hydrogen-bond acceptors (Lipinski definition) is 17. The highest BCUT2D eigenvalue weighted by Gasteiger charge is 2.42. The molecule has 16 atom stereocenters. The zero-order valence-electron chi connectivity index (χ0n) is 30.5. The molecule has 0 radical (unpaired) electrons. The average molecular weight is 765 g/mol. The summed E-state index contributed by atoms with van der Waals surface area (Å²) in [5.41, 5.74) is 0. The van der Waals surface area contributed by atoms with Crippen LogP contribution in [0.25, 0.3) is 0 Å². The molecule has 7 heterocycles. The van der Waals surface area contributed by atoms with E-state index >= 15 is 0 Å². The van der Waals surface area contributed by atoms with Crippen LogP contribution in [0.2, 0.25) is 0 Å². The van der Waals surface area contributed by atoms with Crippen molar-refractivity contribution in [1.29, 1.82) is 0 Å². The Morgan fingerprint density at radius 3 is 1.77 bits per heavy atom. The van der Waals surface area contributed by atoms with Gasteiger partial charge in [-0.2, -0.15) is 0 Å². The molecule has 0 aliphatic carbocycles. The van der Waals surface area contributed by atoms with E-state index in [1.807, 2.05) is 0 Å². The molecule has 7 saturated heterocycles. The van der Waals surface area contributed by atoms with Crippen molar-refractivity contribution in [3.8, 4) is 0 Å². The van der Waals surface area contributed by atoms with Gasteiger partial charge in [0.15, 0.2) is 44.0 Å². The van der Waals surface area contributed by atoms with Gasteiger partial charge >= 0.3 is 0 Å². The maximum absolute atomic E-state index is 9.84. The number of aliphatic hydroxyl groups excluding tert-OH is 4. The molecule has 0 bridgehead atoms. The first kappa shape index (κ1) is 40.5. The largest absolute Gasteiger partial charge is 0.396 e. The molecule has 0 saturated carbocycles. The zero-order chi connectivity index (χ0) is 36.6. The van der Waals surface area contributed by atoms with Crippen LogP contribution in [-0.2, 0) is 61.6 Å². The van der Waals surface area contributed by atoms with E-state index in [-0.39, 0.29) is 69.5 Å². The van der Waals surface area contributed by atoms with Gasteiger partial charge in [0, 0.05) is 51.0 Å². The maximum Gasteiger partial charge on any atom is 0.184 e. The monoisotopic (exact) mass is 764 g/mol. The van der Waals surface area contributed by atoms with Crippen LogP contribution >= 0.6 is 0 Å². The van der Waals surface area contributed by atoms with Crippen molar-refractivity contribution in [3.63, 3.8) is 0 Å². The molecule has 4 N–H and O–H groups in total. The van der Waals surface area contributed by atoms with Gasteiger partial charge in [0.2, 0.25) is 0 Å². The second-order valence-electron chi connectivity index (χ2n) is 15.3. The summed E-state index contributed by atoms with van der Waals surface area (Å²) in [6, 6.07) is 0. The minimum absolute atomic E-state index is 0.0570. The highest BCUT2D eigenvalue weighted by atomic mass is 16.8. The molecular formula is C36H60O17. The van der Waals surface area contributed by atoms with Crippen LogP contribution in [0.5, 0.6) is 0 Å². The second-order valence-corrected chi connectivity index (χ2v) is 15.3. The highest BCUT2D eigenvalue weighted by Crippen LogP contribution is 2.33. The van der Waals surface area contributed by atoms with Gasteiger partial charge < -0.3 is 82.0 Å². The van der Waals surface area contributed by atoms with E-state index in [2.05, 4.69) is 0 Å². The summed E-state index contributed by atoms with van der Waals surface area (Å²) in [6.07, 6.45) is 1.02. The Kier molecular flexibility index (Phi) is 15.4. The van der Waals surface area contributed by atoms with Crippen molar-refractivity contribution in [3.05, 3.63) is 0 Å². The van der Waals surface area contributed by atoms with E-state index in [0.717, 1.165) is 6.42 Å². The molecule has 0 aromatic carbocycles. The number of rotatable bonds is 14. The van der Waals surface area contributed by atoms with Gasteiger partial charge in [-0.3, -0.25) is 0 Å². The van der Waals surface area contributed by atoms with Crippen molar-refractivity contribution in [2.45, 2.75) is 170 Å². The fourth-order valence-electron chi connectivity index (χ4n) is 7.88. The Morgan fingerprint density at radius 1 is 0.434 bits per heavy atom. The number of hydrogen-bond donors (Lipinski definition) is 4. The third kappa shape index (κ3) is 11.9. The van der Waals surface area contributed by atoms with Gasteiger partial charge in [-0.25, -0.2) is 0 Å². The first-order chi connectivity index (χ1) is 25.9. The fourth-order valence-corrected chi connectivity index (χ4v) is 7.88. The Hall–Kier alpha value is -0.680. The lowest BCUT2D eigenvalue weighted by atomic mass is 10.0. The maximum atomic E-state index is 9.84. The summed E-state index contributed by atoms with van der Waals surface area (Å²) in [5, 5.41) is 38.6. The molecule has 7 fully saturated rings. The summed E-state index contributed by atoms with van der Waals surface area (Å²) in [6.45, 7) is 1.86. The molecule has 53 heavy (non-hydrogen) atoms. The lowest BCUT2D eigenvalue weighted by molar-refractivity contribution is -0.325. The number of aliphatic hydroxyl groups is 4. The van der Waals surface area contributed by atoms with Crippen LogP contribution in [0.4, 0.5) is 0 Å². The van der Waals surface area contributed by atoms with Crippen LogP contribution in [0, 0.1) is 5.92 Å². The van der Waals surface area contributed by atoms with Crippen molar-refractivity contribution >= 4 is 0 Å². The number of ether oxygens (including phenoxy) is 13. The van der Waals surface area contributed by atoms with Crippen molar-refractivity contribution in [1.82, 2.24) is 0 Å². The van der Waals surface area contributed by atoms with Gasteiger partial charge in [0.25, 0.3) is 0 Å². The molecular weight excluding hydrogens is 704 g/mol. The first-order valence-electron chi connectivity index (χ1n) is 19.7.